The van der Waals surface area contributed by atoms with E-state index in [0.29, 0.717) is 42.5 Å². The summed E-state index contributed by atoms with van der Waals surface area (Å²) in [6.07, 6.45) is 4.83. The monoisotopic (exact) mass is 546 g/mol. The molecule has 0 saturated heterocycles. The highest BCUT2D eigenvalue weighted by Gasteiger charge is 2.39. The van der Waals surface area contributed by atoms with E-state index in [1.54, 1.807) is 42.4 Å². The number of hydrogen-bond acceptors (Lipinski definition) is 7. The number of benzene rings is 2. The lowest BCUT2D eigenvalue weighted by molar-refractivity contribution is -0.114. The molecule has 5 rings (SSSR count). The van der Waals surface area contributed by atoms with Crippen LogP contribution in [0.3, 0.4) is 0 Å². The molecule has 10 nitrogen and oxygen atoms in total. The van der Waals surface area contributed by atoms with E-state index in [4.69, 9.17) is 0 Å². The zero-order valence-corrected chi connectivity index (χ0v) is 22.9. The van der Waals surface area contributed by atoms with E-state index in [-0.39, 0.29) is 23.7 Å². The third kappa shape index (κ3) is 5.22. The van der Waals surface area contributed by atoms with Gasteiger partial charge in [-0.15, -0.1) is 0 Å². The van der Waals surface area contributed by atoms with E-state index < -0.39 is 9.84 Å². The zero-order valence-electron chi connectivity index (χ0n) is 22.1. The van der Waals surface area contributed by atoms with Crippen molar-refractivity contribution in [1.29, 1.82) is 0 Å². The predicted molar refractivity (Wildman–Crippen MR) is 151 cm³/mol. The number of carbonyl (C=O) groups is 2. The average Bonchev–Trinajstić information content (AvgIpc) is 2.90. The van der Waals surface area contributed by atoms with Gasteiger partial charge < -0.3 is 15.1 Å². The van der Waals surface area contributed by atoms with Gasteiger partial charge >= 0.3 is 6.03 Å². The van der Waals surface area contributed by atoms with Crippen LogP contribution in [0.15, 0.2) is 61.3 Å². The zero-order chi connectivity index (χ0) is 27.9. The smallest absolute Gasteiger partial charge is 0.324 e. The average molecular weight is 547 g/mol. The van der Waals surface area contributed by atoms with E-state index in [1.807, 2.05) is 30.0 Å². The van der Waals surface area contributed by atoms with Crippen LogP contribution in [0.4, 0.5) is 27.9 Å². The number of nitrogens with zero attached hydrogens (tertiary/aromatic N) is 5. The third-order valence-electron chi connectivity index (χ3n) is 7.01. The van der Waals surface area contributed by atoms with Crippen molar-refractivity contribution in [2.75, 3.05) is 35.0 Å². The second-order valence-electron chi connectivity index (χ2n) is 9.92. The molecule has 2 aromatic carbocycles. The molecule has 2 aliphatic heterocycles. The third-order valence-corrected chi connectivity index (χ3v) is 7.87. The summed E-state index contributed by atoms with van der Waals surface area (Å²) in [4.78, 5) is 40.3. The van der Waals surface area contributed by atoms with Gasteiger partial charge in [0.25, 0.3) is 0 Å². The maximum absolute atomic E-state index is 13.6. The number of amides is 3. The van der Waals surface area contributed by atoms with Crippen LogP contribution in [-0.2, 0) is 26.9 Å². The lowest BCUT2D eigenvalue weighted by atomic mass is 9.91. The fourth-order valence-electron chi connectivity index (χ4n) is 5.25. The molecule has 1 aromatic heterocycles. The maximum atomic E-state index is 13.6. The van der Waals surface area contributed by atoms with Crippen LogP contribution in [-0.4, -0.2) is 55.1 Å². The topological polar surface area (TPSA) is 116 Å². The first kappa shape index (κ1) is 26.4. The number of urea groups is 1. The second-order valence-corrected chi connectivity index (χ2v) is 12.1. The molecule has 3 amide bonds. The molecule has 11 heteroatoms. The molecule has 3 heterocycles. The minimum Gasteiger partial charge on any atom is -0.324 e. The molecule has 0 spiro atoms. The van der Waals surface area contributed by atoms with Crippen molar-refractivity contribution in [1.82, 2.24) is 14.9 Å². The largest absolute Gasteiger partial charge is 0.326 e. The van der Waals surface area contributed by atoms with Gasteiger partial charge in [-0.05, 0) is 48.2 Å². The molecule has 0 bridgehead atoms. The van der Waals surface area contributed by atoms with Crippen LogP contribution < -0.4 is 15.1 Å². The predicted octanol–water partition coefficient (Wildman–Crippen LogP) is 4.11. The van der Waals surface area contributed by atoms with Crippen molar-refractivity contribution >= 4 is 44.9 Å². The van der Waals surface area contributed by atoms with Gasteiger partial charge in [0.1, 0.15) is 5.82 Å². The van der Waals surface area contributed by atoms with Crippen molar-refractivity contribution in [2.45, 2.75) is 31.7 Å². The molecule has 3 aromatic rings. The summed E-state index contributed by atoms with van der Waals surface area (Å²) in [6, 6.07) is 12.5. The summed E-state index contributed by atoms with van der Waals surface area (Å²) in [5, 5.41) is 3.13. The van der Waals surface area contributed by atoms with Gasteiger partial charge in [0.2, 0.25) is 11.9 Å². The van der Waals surface area contributed by atoms with Gasteiger partial charge in [-0.2, -0.15) is 4.98 Å². The number of hydrogen-bond donors (Lipinski definition) is 1. The lowest BCUT2D eigenvalue weighted by Crippen LogP contribution is -2.49. The van der Waals surface area contributed by atoms with Crippen molar-refractivity contribution in [3.8, 4) is 0 Å². The fourth-order valence-corrected chi connectivity index (χ4v) is 6.04. The summed E-state index contributed by atoms with van der Waals surface area (Å²) in [7, 11) is -1.43. The molecule has 2 aliphatic rings. The Labute approximate surface area is 227 Å². The molecule has 0 unspecified atom stereocenters. The first-order chi connectivity index (χ1) is 18.6. The Kier molecular flexibility index (Phi) is 6.85. The molecule has 39 heavy (non-hydrogen) atoms. The minimum atomic E-state index is -3.12. The number of aromatic nitrogens is 2. The Morgan fingerprint density at radius 1 is 1.21 bits per heavy atom. The first-order valence-corrected chi connectivity index (χ1v) is 14.6. The quantitative estimate of drug-likeness (QED) is 0.463. The summed E-state index contributed by atoms with van der Waals surface area (Å²) < 4.78 is 23.1. The van der Waals surface area contributed by atoms with Crippen molar-refractivity contribution in [3.63, 3.8) is 0 Å². The minimum absolute atomic E-state index is 0.0281. The molecule has 1 N–H and O–H groups in total. The number of fused-ring (bicyclic) bond motifs is 2. The summed E-state index contributed by atoms with van der Waals surface area (Å²) in [5.41, 5.74) is 4.93. The fraction of sp³-hybridized carbons (Fsp3) is 0.286. The Balaban J connectivity index is 1.39. The van der Waals surface area contributed by atoms with E-state index in [2.05, 4.69) is 21.9 Å². The Bertz CT molecular complexity index is 1570. The van der Waals surface area contributed by atoms with Crippen molar-refractivity contribution < 1.29 is 18.0 Å². The molecule has 202 valence electrons. The van der Waals surface area contributed by atoms with E-state index in [1.165, 1.54) is 17.2 Å². The molecule has 0 saturated carbocycles. The van der Waals surface area contributed by atoms with Crippen LogP contribution in [0.2, 0.25) is 0 Å². The van der Waals surface area contributed by atoms with Gasteiger partial charge in [0, 0.05) is 37.3 Å². The standard InChI is InChI=1S/C28H30N6O4S/c1-5-24(35)33-14-13-23(22-8-6-7-18(2)25(22)33)34-16-20-15-29-27(31-26(20)32(3)28(34)36)30-21-11-9-19(10-12-21)17-39(4,37)38/h5-12,15,23H,1,13-14,16-17H2,2-4H3,(H,29,30,31)/t23-/m0/s1. The van der Waals surface area contributed by atoms with Crippen LogP contribution in [0.1, 0.15) is 34.7 Å². The maximum Gasteiger partial charge on any atom is 0.326 e. The molecular weight excluding hydrogens is 516 g/mol. The highest BCUT2D eigenvalue weighted by atomic mass is 32.2. The summed E-state index contributed by atoms with van der Waals surface area (Å²) >= 11 is 0. The highest BCUT2D eigenvalue weighted by molar-refractivity contribution is 7.89. The lowest BCUT2D eigenvalue weighted by Gasteiger charge is -2.43. The van der Waals surface area contributed by atoms with E-state index >= 15 is 0 Å². The van der Waals surface area contributed by atoms with Gasteiger partial charge in [-0.1, -0.05) is 36.9 Å². The van der Waals surface area contributed by atoms with Gasteiger partial charge in [-0.25, -0.2) is 18.2 Å². The molecule has 0 fully saturated rings. The molecule has 0 aliphatic carbocycles. The number of nitrogens with one attached hydrogen (secondary N) is 1. The Hall–Kier alpha value is -4.25. The normalized spacial score (nSPS) is 16.9. The van der Waals surface area contributed by atoms with Gasteiger partial charge in [0.15, 0.2) is 9.84 Å². The highest BCUT2D eigenvalue weighted by Crippen LogP contribution is 2.42. The van der Waals surface area contributed by atoms with Crippen LogP contribution in [0, 0.1) is 6.92 Å². The van der Waals surface area contributed by atoms with E-state index in [9.17, 15) is 18.0 Å². The molecule has 0 radical (unpaired) electrons. The number of carbonyl (C=O) groups excluding carboxylic acids is 2. The second kappa shape index (κ2) is 10.1. The van der Waals surface area contributed by atoms with Gasteiger partial charge in [0.05, 0.1) is 24.0 Å². The van der Waals surface area contributed by atoms with Crippen molar-refractivity contribution in [3.05, 3.63) is 83.6 Å². The number of rotatable bonds is 6. The number of anilines is 4. The van der Waals surface area contributed by atoms with Crippen LogP contribution in [0.5, 0.6) is 0 Å². The van der Waals surface area contributed by atoms with Crippen molar-refractivity contribution in [2.24, 2.45) is 0 Å². The number of para-hydroxylation sites is 1. The first-order valence-electron chi connectivity index (χ1n) is 12.5. The number of sulfone groups is 1. The van der Waals surface area contributed by atoms with E-state index in [0.717, 1.165) is 22.4 Å². The number of aryl methyl sites for hydroxylation is 1. The summed E-state index contributed by atoms with van der Waals surface area (Å²) in [5.74, 6) is 0.663. The summed E-state index contributed by atoms with van der Waals surface area (Å²) in [6.45, 7) is 6.43. The van der Waals surface area contributed by atoms with Gasteiger partial charge in [-0.3, -0.25) is 9.69 Å². The Morgan fingerprint density at radius 2 is 1.95 bits per heavy atom. The van der Waals surface area contributed by atoms with Crippen LogP contribution in [0.25, 0.3) is 0 Å². The molecular formula is C28H30N6O4S. The Morgan fingerprint density at radius 3 is 2.64 bits per heavy atom. The van der Waals surface area contributed by atoms with Crippen LogP contribution >= 0.6 is 0 Å². The molecule has 1 atom stereocenters. The SMILES string of the molecule is C=CC(=O)N1CC[C@H](N2Cc3cnc(Nc4ccc(CS(C)(=O)=O)cc4)nc3N(C)C2=O)c2cccc(C)c21.